The molecular formula is C12H5F3S4. The fourth-order valence-corrected chi connectivity index (χ4v) is 3.03. The second-order valence-electron chi connectivity index (χ2n) is 3.75. The summed E-state index contributed by atoms with van der Waals surface area (Å²) in [6.07, 6.45) is -4.47. The summed E-state index contributed by atoms with van der Waals surface area (Å²) < 4.78 is 39.6. The van der Waals surface area contributed by atoms with Crippen molar-refractivity contribution >= 4 is 49.3 Å². The highest BCUT2D eigenvalue weighted by Crippen LogP contribution is 2.40. The van der Waals surface area contributed by atoms with E-state index in [1.54, 1.807) is 0 Å². The topological polar surface area (TPSA) is 0 Å². The summed E-state index contributed by atoms with van der Waals surface area (Å²) in [7, 11) is 0. The van der Waals surface area contributed by atoms with Crippen molar-refractivity contribution in [2.45, 2.75) is 11.1 Å². The van der Waals surface area contributed by atoms with Crippen LogP contribution >= 0.6 is 49.3 Å². The standard InChI is InChI=1S/C12H5F3S4/c13-12(14,15)6-4-2-1-3-5(6)7-8(16)10(18)11(19)9(7)17/h1-4,16H. The van der Waals surface area contributed by atoms with Gasteiger partial charge < -0.3 is 0 Å². The molecule has 19 heavy (non-hydrogen) atoms. The van der Waals surface area contributed by atoms with Gasteiger partial charge in [0.2, 0.25) is 0 Å². The fourth-order valence-electron chi connectivity index (χ4n) is 1.74. The van der Waals surface area contributed by atoms with E-state index in [1.165, 1.54) is 18.2 Å². The van der Waals surface area contributed by atoms with Crippen molar-refractivity contribution in [3.63, 3.8) is 0 Å². The zero-order valence-electron chi connectivity index (χ0n) is 9.12. The van der Waals surface area contributed by atoms with Crippen LogP contribution in [-0.4, -0.2) is 0 Å². The molecule has 0 aliphatic carbocycles. The zero-order chi connectivity index (χ0) is 14.4. The Morgan fingerprint density at radius 2 is 1.47 bits per heavy atom. The molecule has 0 amide bonds. The van der Waals surface area contributed by atoms with Crippen LogP contribution in [0.4, 0.5) is 13.2 Å². The van der Waals surface area contributed by atoms with Gasteiger partial charge in [-0.15, -0.1) is 12.6 Å². The summed E-state index contributed by atoms with van der Waals surface area (Å²) in [4.78, 5) is 0.238. The lowest BCUT2D eigenvalue weighted by Gasteiger charge is -2.12. The lowest BCUT2D eigenvalue weighted by atomic mass is 10.0. The lowest BCUT2D eigenvalue weighted by molar-refractivity contribution is -0.137. The van der Waals surface area contributed by atoms with Crippen LogP contribution in [0.1, 0.15) is 5.56 Å². The first-order chi connectivity index (χ1) is 8.75. The van der Waals surface area contributed by atoms with Gasteiger partial charge in [0.1, 0.15) is 0 Å². The molecule has 0 heterocycles. The van der Waals surface area contributed by atoms with Crippen molar-refractivity contribution in [3.05, 3.63) is 43.4 Å². The number of rotatable bonds is 1. The Hall–Kier alpha value is -0.630. The van der Waals surface area contributed by atoms with Gasteiger partial charge >= 0.3 is 6.18 Å². The van der Waals surface area contributed by atoms with E-state index in [-0.39, 0.29) is 29.6 Å². The number of hydrogen-bond acceptors (Lipinski definition) is 4. The maximum Gasteiger partial charge on any atom is 0.417 e. The Kier molecular flexibility index (Phi) is 3.92. The molecule has 0 aliphatic rings. The van der Waals surface area contributed by atoms with E-state index < -0.39 is 11.7 Å². The molecule has 0 saturated heterocycles. The Balaban J connectivity index is 2.90. The average molecular weight is 334 g/mol. The molecule has 0 bridgehead atoms. The third kappa shape index (κ3) is 2.52. The highest BCUT2D eigenvalue weighted by Gasteiger charge is 2.34. The Morgan fingerprint density at radius 3 is 1.95 bits per heavy atom. The molecule has 0 spiro atoms. The SMILES string of the molecule is FC(F)(F)c1ccccc1-c1c(S)c(=S)c(=S)c1=S. The van der Waals surface area contributed by atoms with E-state index in [2.05, 4.69) is 12.6 Å². The normalized spacial score (nSPS) is 11.8. The molecule has 98 valence electrons. The minimum Gasteiger partial charge on any atom is -0.166 e. The summed E-state index contributed by atoms with van der Waals surface area (Å²) in [5, 5.41) is 0. The zero-order valence-corrected chi connectivity index (χ0v) is 12.5. The van der Waals surface area contributed by atoms with Crippen molar-refractivity contribution in [1.29, 1.82) is 0 Å². The summed E-state index contributed by atoms with van der Waals surface area (Å²) >= 11 is 19.2. The van der Waals surface area contributed by atoms with Gasteiger partial charge in [-0.3, -0.25) is 0 Å². The van der Waals surface area contributed by atoms with E-state index in [0.29, 0.717) is 0 Å². The van der Waals surface area contributed by atoms with Crippen LogP contribution in [0.3, 0.4) is 0 Å². The van der Waals surface area contributed by atoms with Gasteiger partial charge in [0, 0.05) is 10.5 Å². The monoisotopic (exact) mass is 334 g/mol. The highest BCUT2D eigenvalue weighted by molar-refractivity contribution is 7.81. The first kappa shape index (κ1) is 14.8. The smallest absolute Gasteiger partial charge is 0.166 e. The second-order valence-corrected chi connectivity index (χ2v) is 5.43. The van der Waals surface area contributed by atoms with Crippen LogP contribution in [-0.2, 0) is 6.18 Å². The van der Waals surface area contributed by atoms with Gasteiger partial charge in [0.05, 0.1) is 19.1 Å². The van der Waals surface area contributed by atoms with Crippen LogP contribution in [0.25, 0.3) is 11.1 Å². The third-order valence-electron chi connectivity index (χ3n) is 2.59. The molecule has 0 atom stereocenters. The molecule has 0 aliphatic heterocycles. The van der Waals surface area contributed by atoms with Gasteiger partial charge in [-0.1, -0.05) is 54.9 Å². The molecule has 2 aromatic carbocycles. The highest BCUT2D eigenvalue weighted by atomic mass is 32.1. The minimum absolute atomic E-state index is 0.0350. The first-order valence-electron chi connectivity index (χ1n) is 4.98. The number of halogens is 3. The second kappa shape index (κ2) is 5.05. The van der Waals surface area contributed by atoms with Crippen molar-refractivity contribution in [3.8, 4) is 11.1 Å². The molecular weight excluding hydrogens is 329 g/mol. The van der Waals surface area contributed by atoms with Gasteiger partial charge in [-0.05, 0) is 11.6 Å². The van der Waals surface area contributed by atoms with Crippen molar-refractivity contribution in [2.75, 3.05) is 0 Å². The molecule has 0 nitrogen and oxygen atoms in total. The van der Waals surface area contributed by atoms with E-state index >= 15 is 0 Å². The maximum absolute atomic E-state index is 13.0. The predicted octanol–water partition coefficient (Wildman–Crippen LogP) is 5.73. The molecule has 0 unspecified atom stereocenters. The fraction of sp³-hybridized carbons (Fsp3) is 0.0833. The Labute approximate surface area is 128 Å². The molecule has 7 heteroatoms. The third-order valence-corrected chi connectivity index (χ3v) is 4.67. The molecule has 2 rings (SSSR count). The predicted molar refractivity (Wildman–Crippen MR) is 79.0 cm³/mol. The van der Waals surface area contributed by atoms with Crippen LogP contribution in [0, 0.1) is 13.5 Å². The van der Waals surface area contributed by atoms with E-state index in [1.807, 2.05) is 0 Å². The van der Waals surface area contributed by atoms with Gasteiger partial charge in [-0.25, -0.2) is 0 Å². The quantitative estimate of drug-likeness (QED) is 0.523. The maximum atomic E-state index is 13.0. The largest absolute Gasteiger partial charge is 0.417 e. The van der Waals surface area contributed by atoms with Gasteiger partial charge in [-0.2, -0.15) is 13.2 Å². The van der Waals surface area contributed by atoms with E-state index in [4.69, 9.17) is 36.7 Å². The van der Waals surface area contributed by atoms with Crippen molar-refractivity contribution in [2.24, 2.45) is 0 Å². The van der Waals surface area contributed by atoms with E-state index in [0.717, 1.165) is 6.07 Å². The van der Waals surface area contributed by atoms with Gasteiger partial charge in [0.25, 0.3) is 0 Å². The molecule has 0 aromatic heterocycles. The lowest BCUT2D eigenvalue weighted by Crippen LogP contribution is -2.06. The summed E-state index contributed by atoms with van der Waals surface area (Å²) in [6, 6.07) is 5.17. The first-order valence-corrected chi connectivity index (χ1v) is 6.65. The number of hydrogen-bond donors (Lipinski definition) is 1. The van der Waals surface area contributed by atoms with Crippen LogP contribution < -0.4 is 0 Å². The summed E-state index contributed by atoms with van der Waals surface area (Å²) in [5.41, 5.74) is -0.611. The van der Waals surface area contributed by atoms with Gasteiger partial charge in [0.15, 0.2) is 0 Å². The van der Waals surface area contributed by atoms with Crippen LogP contribution in [0.2, 0.25) is 0 Å². The van der Waals surface area contributed by atoms with Crippen molar-refractivity contribution < 1.29 is 13.2 Å². The number of benzene rings is 1. The Bertz CT molecular complexity index is 783. The molecule has 0 radical (unpaired) electrons. The van der Waals surface area contributed by atoms with E-state index in [9.17, 15) is 13.2 Å². The van der Waals surface area contributed by atoms with Crippen LogP contribution in [0.15, 0.2) is 29.2 Å². The molecule has 2 aromatic rings. The molecule has 0 N–H and O–H groups in total. The summed E-state index contributed by atoms with van der Waals surface area (Å²) in [5.74, 6) is 0. The summed E-state index contributed by atoms with van der Waals surface area (Å²) in [6.45, 7) is 0. The van der Waals surface area contributed by atoms with Crippen LogP contribution in [0.5, 0.6) is 0 Å². The Morgan fingerprint density at radius 1 is 0.895 bits per heavy atom. The average Bonchev–Trinajstić information content (AvgIpc) is 2.53. The molecule has 0 fully saturated rings. The molecule has 0 saturated carbocycles. The number of alkyl halides is 3. The minimum atomic E-state index is -4.47. The number of thiol groups is 1. The van der Waals surface area contributed by atoms with Crippen molar-refractivity contribution in [1.82, 2.24) is 0 Å².